The van der Waals surface area contributed by atoms with E-state index in [1.807, 2.05) is 6.92 Å². The van der Waals surface area contributed by atoms with Crippen LogP contribution in [0.25, 0.3) is 11.4 Å². The minimum Gasteiger partial charge on any atom is -0.609 e. The largest absolute Gasteiger partial charge is 0.609 e. The number of nitrogens with zero attached hydrogens (tertiary/aromatic N) is 3. The van der Waals surface area contributed by atoms with Crippen molar-refractivity contribution < 1.29 is 27.0 Å². The van der Waals surface area contributed by atoms with E-state index >= 15 is 0 Å². The average molecular weight is 401 g/mol. The maximum atomic E-state index is 12.5. The smallest absolute Gasteiger partial charge is 0.471 e. The molecule has 0 fully saturated rings. The number of carbonyl (C=O) groups is 1. The molecule has 136 valence electrons. The van der Waals surface area contributed by atoms with Crippen LogP contribution in [0.4, 0.5) is 13.2 Å². The number of aromatic nitrogens is 3. The highest BCUT2D eigenvalue weighted by Crippen LogP contribution is 2.29. The molecule has 0 N–H and O–H groups in total. The normalized spacial score (nSPS) is 13.0. The fourth-order valence-electron chi connectivity index (χ4n) is 1.96. The minimum atomic E-state index is -4.72. The third-order valence-corrected chi connectivity index (χ3v) is 5.73. The van der Waals surface area contributed by atoms with Gasteiger partial charge in [0.25, 0.3) is 0 Å². The predicted molar refractivity (Wildman–Crippen MR) is 87.2 cm³/mol. The summed E-state index contributed by atoms with van der Waals surface area (Å²) in [7, 11) is 0. The van der Waals surface area contributed by atoms with Gasteiger partial charge in [-0.05, 0) is 6.92 Å². The number of hydrogen-bond donors (Lipinski definition) is 0. The Hall–Kier alpha value is -2.24. The molecule has 3 aromatic rings. The molecule has 1 unspecified atom stereocenters. The summed E-state index contributed by atoms with van der Waals surface area (Å²) in [6, 6.07) is 5.61. The van der Waals surface area contributed by atoms with Crippen molar-refractivity contribution in [2.24, 2.45) is 0 Å². The Morgan fingerprint density at radius 1 is 1.31 bits per heavy atom. The second-order valence-electron chi connectivity index (χ2n) is 5.15. The molecule has 0 saturated heterocycles. The zero-order valence-corrected chi connectivity index (χ0v) is 14.7. The van der Waals surface area contributed by atoms with E-state index in [0.29, 0.717) is 4.34 Å². The molecule has 26 heavy (non-hydrogen) atoms. The Morgan fingerprint density at radius 2 is 2.00 bits per heavy atom. The molecule has 0 amide bonds. The number of thiazole rings is 1. The molecule has 1 atom stereocenters. The zero-order chi connectivity index (χ0) is 18.9. The molecule has 0 spiro atoms. The maximum absolute atomic E-state index is 12.5. The minimum absolute atomic E-state index is 0.229. The first kappa shape index (κ1) is 18.5. The Labute approximate surface area is 152 Å². The van der Waals surface area contributed by atoms with E-state index in [-0.39, 0.29) is 28.5 Å². The van der Waals surface area contributed by atoms with Gasteiger partial charge in [0, 0.05) is 33.4 Å². The summed E-state index contributed by atoms with van der Waals surface area (Å²) in [5.41, 5.74) is 0.535. The van der Waals surface area contributed by atoms with Gasteiger partial charge in [0.05, 0.1) is 0 Å². The van der Waals surface area contributed by atoms with E-state index < -0.39 is 23.2 Å². The van der Waals surface area contributed by atoms with Crippen LogP contribution in [-0.2, 0) is 17.4 Å². The van der Waals surface area contributed by atoms with E-state index in [1.54, 1.807) is 6.20 Å². The first-order valence-electron chi connectivity index (χ1n) is 7.09. The lowest BCUT2D eigenvalue weighted by Crippen LogP contribution is -2.16. The van der Waals surface area contributed by atoms with Crippen molar-refractivity contribution in [1.82, 2.24) is 15.1 Å². The fourth-order valence-corrected chi connectivity index (χ4v) is 4.09. The van der Waals surface area contributed by atoms with Gasteiger partial charge in [0.15, 0.2) is 5.75 Å². The molecule has 2 aromatic heterocycles. The molecule has 1 aromatic carbocycles. The molecular weight excluding hydrogens is 391 g/mol. The maximum Gasteiger partial charge on any atom is 0.471 e. The van der Waals surface area contributed by atoms with Crippen LogP contribution < -0.4 is 0 Å². The summed E-state index contributed by atoms with van der Waals surface area (Å²) in [4.78, 5) is 20.4. The molecule has 0 saturated carbocycles. The van der Waals surface area contributed by atoms with E-state index in [0.717, 1.165) is 4.88 Å². The molecule has 2 heterocycles. The lowest BCUT2D eigenvalue weighted by atomic mass is 10.1. The lowest BCUT2D eigenvalue weighted by molar-refractivity contribution is -0.159. The zero-order valence-electron chi connectivity index (χ0n) is 13.1. The second kappa shape index (κ2) is 7.17. The standard InChI is InChI=1S/C15H10F3N3O3S2/c1-8-6-19-14(25-8)26(23)7-11(22)9-2-4-10(5-3-9)12-20-13(24-21-12)15(16,17)18/h2-6H,7H2,1H3. The van der Waals surface area contributed by atoms with Crippen LogP contribution in [0.3, 0.4) is 0 Å². The van der Waals surface area contributed by atoms with Gasteiger partial charge < -0.3 is 9.08 Å². The fraction of sp³-hybridized carbons (Fsp3) is 0.200. The molecule has 0 bridgehead atoms. The van der Waals surface area contributed by atoms with Crippen LogP contribution in [0.15, 0.2) is 39.3 Å². The van der Waals surface area contributed by atoms with Gasteiger partial charge in [-0.3, -0.25) is 4.79 Å². The highest BCUT2D eigenvalue weighted by atomic mass is 32.2. The quantitative estimate of drug-likeness (QED) is 0.480. The number of rotatable bonds is 5. The predicted octanol–water partition coefficient (Wildman–Crippen LogP) is 3.51. The lowest BCUT2D eigenvalue weighted by Gasteiger charge is -2.06. The number of carbonyl (C=O) groups excluding carboxylic acids is 1. The molecular formula is C15H10F3N3O3S2. The Kier molecular flexibility index (Phi) is 5.12. The summed E-state index contributed by atoms with van der Waals surface area (Å²) < 4.78 is 54.1. The number of alkyl halides is 3. The van der Waals surface area contributed by atoms with Gasteiger partial charge in [-0.15, -0.1) is 0 Å². The topological polar surface area (TPSA) is 91.9 Å². The molecule has 0 aliphatic rings. The van der Waals surface area contributed by atoms with Gasteiger partial charge in [0.2, 0.25) is 11.6 Å². The van der Waals surface area contributed by atoms with Crippen molar-refractivity contribution in [1.29, 1.82) is 0 Å². The van der Waals surface area contributed by atoms with Gasteiger partial charge in [-0.1, -0.05) is 40.8 Å². The van der Waals surface area contributed by atoms with Gasteiger partial charge >= 0.3 is 16.4 Å². The first-order chi connectivity index (χ1) is 12.2. The molecule has 0 aliphatic heterocycles. The molecule has 11 heteroatoms. The monoisotopic (exact) mass is 401 g/mol. The Morgan fingerprint density at radius 3 is 2.54 bits per heavy atom. The van der Waals surface area contributed by atoms with Crippen LogP contribution >= 0.6 is 11.3 Å². The second-order valence-corrected chi connectivity index (χ2v) is 8.01. The van der Waals surface area contributed by atoms with Crippen LogP contribution in [-0.4, -0.2) is 31.2 Å². The van der Waals surface area contributed by atoms with E-state index in [4.69, 9.17) is 0 Å². The number of aryl methyl sites for hydroxylation is 1. The third-order valence-electron chi connectivity index (χ3n) is 3.19. The van der Waals surface area contributed by atoms with Crippen LogP contribution in [0.2, 0.25) is 0 Å². The third kappa shape index (κ3) is 4.11. The molecule has 0 aliphatic carbocycles. The van der Waals surface area contributed by atoms with Crippen molar-refractivity contribution >= 4 is 28.3 Å². The Bertz CT molecular complexity index is 922. The molecule has 0 radical (unpaired) electrons. The van der Waals surface area contributed by atoms with E-state index in [9.17, 15) is 22.5 Å². The van der Waals surface area contributed by atoms with E-state index in [2.05, 4.69) is 19.6 Å². The van der Waals surface area contributed by atoms with Gasteiger partial charge in [0.1, 0.15) is 0 Å². The van der Waals surface area contributed by atoms with Crippen LogP contribution in [0.5, 0.6) is 0 Å². The molecule has 3 rings (SSSR count). The summed E-state index contributed by atoms with van der Waals surface area (Å²) in [5, 5.41) is 3.27. The summed E-state index contributed by atoms with van der Waals surface area (Å²) in [5.74, 6) is -2.28. The molecule has 6 nitrogen and oxygen atoms in total. The summed E-state index contributed by atoms with van der Waals surface area (Å²) in [6.45, 7) is 1.82. The number of ketones is 1. The number of Topliss-reactive ketones (excluding diaryl/α,β-unsaturated/α-hetero) is 1. The van der Waals surface area contributed by atoms with E-state index in [1.165, 1.54) is 35.6 Å². The van der Waals surface area contributed by atoms with Crippen molar-refractivity contribution in [3.63, 3.8) is 0 Å². The van der Waals surface area contributed by atoms with Crippen molar-refractivity contribution in [3.05, 3.63) is 46.8 Å². The highest BCUT2D eigenvalue weighted by molar-refractivity contribution is 7.94. The van der Waals surface area contributed by atoms with Crippen LogP contribution in [0.1, 0.15) is 21.1 Å². The number of hydrogen-bond acceptors (Lipinski definition) is 7. The number of benzene rings is 1. The number of halogens is 3. The average Bonchev–Trinajstić information content (AvgIpc) is 3.23. The SMILES string of the molecule is Cc1cnc([S+]([O-])CC(=O)c2ccc(-c3noc(C(F)(F)F)n3)cc2)s1. The van der Waals surface area contributed by atoms with Crippen LogP contribution in [0, 0.1) is 6.92 Å². The Balaban J connectivity index is 1.71. The summed E-state index contributed by atoms with van der Waals surface area (Å²) in [6.07, 6.45) is -3.14. The van der Waals surface area contributed by atoms with Crippen molar-refractivity contribution in [3.8, 4) is 11.4 Å². The summed E-state index contributed by atoms with van der Waals surface area (Å²) >= 11 is -0.293. The van der Waals surface area contributed by atoms with Gasteiger partial charge in [-0.2, -0.15) is 23.1 Å². The van der Waals surface area contributed by atoms with Gasteiger partial charge in [-0.25, -0.2) is 0 Å². The van der Waals surface area contributed by atoms with Crippen molar-refractivity contribution in [2.45, 2.75) is 17.4 Å². The first-order valence-corrected chi connectivity index (χ1v) is 9.23. The van der Waals surface area contributed by atoms with Crippen molar-refractivity contribution in [2.75, 3.05) is 5.75 Å². The highest BCUT2D eigenvalue weighted by Gasteiger charge is 2.38.